The maximum absolute atomic E-state index is 13.8. The van der Waals surface area contributed by atoms with Crippen LogP contribution in [0.4, 0.5) is 14.5 Å². The van der Waals surface area contributed by atoms with Crippen LogP contribution >= 0.6 is 0 Å². The molecule has 1 saturated heterocycles. The zero-order chi connectivity index (χ0) is 33.9. The highest BCUT2D eigenvalue weighted by Crippen LogP contribution is 2.50. The Hall–Kier alpha value is -3.40. The van der Waals surface area contributed by atoms with Crippen molar-refractivity contribution in [3.63, 3.8) is 0 Å². The number of halogens is 2. The zero-order valence-electron chi connectivity index (χ0n) is 27.5. The highest BCUT2D eigenvalue weighted by atomic mass is 32.3. The molecule has 3 aromatic rings. The Morgan fingerprint density at radius 2 is 1.57 bits per heavy atom. The van der Waals surface area contributed by atoms with Crippen molar-refractivity contribution in [2.24, 2.45) is 5.92 Å². The van der Waals surface area contributed by atoms with E-state index in [9.17, 15) is 31.7 Å². The van der Waals surface area contributed by atoms with Gasteiger partial charge in [-0.25, -0.2) is 17.2 Å². The Morgan fingerprint density at radius 1 is 0.979 bits per heavy atom. The number of amides is 1. The number of β-lactam (4-membered cyclic amide) rings is 1. The van der Waals surface area contributed by atoms with Gasteiger partial charge in [0.25, 0.3) is 0 Å². The van der Waals surface area contributed by atoms with Crippen LogP contribution in [0, 0.1) is 17.6 Å². The fraction of sp³-hybridized carbons (Fsp3) is 0.424. The number of phenolic OH excluding ortho intramolecular Hbond substituents is 1. The molecule has 47 heavy (non-hydrogen) atoms. The summed E-state index contributed by atoms with van der Waals surface area (Å²) in [7, 11) is -7.06. The summed E-state index contributed by atoms with van der Waals surface area (Å²) in [5.74, 6) is -1.36. The Morgan fingerprint density at radius 3 is 2.13 bits per heavy atom. The van der Waals surface area contributed by atoms with Gasteiger partial charge in [-0.15, -0.1) is 0 Å². The summed E-state index contributed by atoms with van der Waals surface area (Å²) >= 11 is 0. The molecule has 258 valence electrons. The maximum Gasteiger partial charge on any atom is 0.233 e. The van der Waals surface area contributed by atoms with Crippen LogP contribution in [0.2, 0.25) is 18.1 Å². The lowest BCUT2D eigenvalue weighted by atomic mass is 9.78. The van der Waals surface area contributed by atoms with E-state index in [1.807, 2.05) is 0 Å². The van der Waals surface area contributed by atoms with Crippen molar-refractivity contribution in [2.45, 2.75) is 70.3 Å². The van der Waals surface area contributed by atoms with Gasteiger partial charge in [0, 0.05) is 23.7 Å². The van der Waals surface area contributed by atoms with Gasteiger partial charge in [-0.3, -0.25) is 8.98 Å². The van der Waals surface area contributed by atoms with Gasteiger partial charge in [0.05, 0.1) is 31.3 Å². The predicted molar refractivity (Wildman–Crippen MR) is 177 cm³/mol. The molecular weight excluding hydrogens is 651 g/mol. The molecule has 1 heterocycles. The zero-order valence-corrected chi connectivity index (χ0v) is 29.4. The SMILES string of the molecule is CC(C)(C)[Si](C)(C)OC(CCC1C(=O)N(c2ccc(F)cc2)C1c1ccc(OCCCOS(=O)(=O)[O-])cc1O)c1ccc(F)cc1.[NH4+]. The van der Waals surface area contributed by atoms with Crippen molar-refractivity contribution in [3.8, 4) is 11.5 Å². The van der Waals surface area contributed by atoms with Crippen LogP contribution in [0.1, 0.15) is 63.3 Å². The molecule has 4 rings (SSSR count). The maximum atomic E-state index is 13.8. The predicted octanol–water partition coefficient (Wildman–Crippen LogP) is 7.54. The summed E-state index contributed by atoms with van der Waals surface area (Å²) in [6.45, 7) is 10.4. The number of rotatable bonds is 14. The second-order valence-electron chi connectivity index (χ2n) is 12.9. The minimum Gasteiger partial charge on any atom is -0.726 e. The number of anilines is 1. The summed E-state index contributed by atoms with van der Waals surface area (Å²) in [5, 5.41) is 11.0. The summed E-state index contributed by atoms with van der Waals surface area (Å²) < 4.78 is 75.9. The standard InChI is InChI=1S/C33H41F2NO8SSi.H3N/c1-33(2,3)46(4,5)44-30(22-7-9-23(34)10-8-22)18-17-28-31(36(32(28)38)25-13-11-24(35)12-14-25)27-16-15-26(21-29(27)37)42-19-6-20-43-45(39,40)41;/h7-16,21,28,30-31,37H,6,17-20H2,1-5H3,(H,39,40,41);1H3. The molecule has 3 aromatic carbocycles. The molecule has 14 heteroatoms. The molecule has 3 atom stereocenters. The topological polar surface area (TPSA) is 162 Å². The van der Waals surface area contributed by atoms with Crippen molar-refractivity contribution in [2.75, 3.05) is 18.1 Å². The Labute approximate surface area is 276 Å². The first-order valence-corrected chi connectivity index (χ1v) is 19.3. The van der Waals surface area contributed by atoms with E-state index in [-0.39, 0.29) is 54.4 Å². The molecule has 0 radical (unpaired) electrons. The molecule has 0 aliphatic carbocycles. The first-order chi connectivity index (χ1) is 21.5. The van der Waals surface area contributed by atoms with Gasteiger partial charge in [0.2, 0.25) is 16.3 Å². The Kier molecular flexibility index (Phi) is 12.3. The van der Waals surface area contributed by atoms with Crippen molar-refractivity contribution >= 4 is 30.3 Å². The van der Waals surface area contributed by atoms with Crippen LogP contribution in [0.15, 0.2) is 66.7 Å². The third-order valence-electron chi connectivity index (χ3n) is 8.65. The van der Waals surface area contributed by atoms with Crippen molar-refractivity contribution < 1.29 is 45.0 Å². The number of ether oxygens (including phenoxy) is 1. The van der Waals surface area contributed by atoms with Crippen LogP contribution in [-0.2, 0) is 23.8 Å². The highest BCUT2D eigenvalue weighted by Gasteiger charge is 2.50. The number of carbonyl (C=O) groups is 1. The fourth-order valence-corrected chi connectivity index (χ4v) is 6.82. The number of benzene rings is 3. The number of aromatic hydroxyl groups is 1. The quantitative estimate of drug-likeness (QED) is 0.0575. The lowest BCUT2D eigenvalue weighted by Crippen LogP contribution is -2.55. The van der Waals surface area contributed by atoms with Gasteiger partial charge < -0.3 is 29.9 Å². The molecule has 1 fully saturated rings. The second kappa shape index (κ2) is 15.2. The van der Waals surface area contributed by atoms with Gasteiger partial charge in [-0.1, -0.05) is 32.9 Å². The third kappa shape index (κ3) is 9.58. The van der Waals surface area contributed by atoms with Gasteiger partial charge in [-0.2, -0.15) is 0 Å². The molecule has 1 amide bonds. The molecule has 1 aliphatic rings. The number of carbonyl (C=O) groups excluding carboxylic acids is 1. The first-order valence-electron chi connectivity index (χ1n) is 15.0. The molecule has 0 saturated carbocycles. The Balaban J connectivity index is 0.00000600. The van der Waals surface area contributed by atoms with E-state index >= 15 is 0 Å². The lowest BCUT2D eigenvalue weighted by molar-refractivity contribution is -0.131. The molecule has 10 nitrogen and oxygen atoms in total. The molecule has 3 unspecified atom stereocenters. The van der Waals surface area contributed by atoms with E-state index in [2.05, 4.69) is 38.0 Å². The normalized spacial score (nSPS) is 17.5. The molecule has 1 aliphatic heterocycles. The summed E-state index contributed by atoms with van der Waals surface area (Å²) in [6.07, 6.45) is 0.594. The average Bonchev–Trinajstić information content (AvgIpc) is 2.96. The van der Waals surface area contributed by atoms with E-state index in [1.165, 1.54) is 47.4 Å². The van der Waals surface area contributed by atoms with Crippen LogP contribution in [-0.4, -0.2) is 45.5 Å². The van der Waals surface area contributed by atoms with Gasteiger partial charge in [0.15, 0.2) is 8.32 Å². The van der Waals surface area contributed by atoms with Crippen molar-refractivity contribution in [3.05, 3.63) is 89.5 Å². The number of hydrogen-bond acceptors (Lipinski definition) is 8. The van der Waals surface area contributed by atoms with E-state index in [0.29, 0.717) is 29.8 Å². The molecular formula is C33H44F2N2O8SSi. The third-order valence-corrected chi connectivity index (χ3v) is 13.6. The van der Waals surface area contributed by atoms with Gasteiger partial charge in [-0.05, 0) is 85.1 Å². The number of hydrogen-bond donors (Lipinski definition) is 2. The largest absolute Gasteiger partial charge is 0.726 e. The summed E-state index contributed by atoms with van der Waals surface area (Å²) in [4.78, 5) is 15.2. The van der Waals surface area contributed by atoms with Gasteiger partial charge in [0.1, 0.15) is 23.1 Å². The highest BCUT2D eigenvalue weighted by molar-refractivity contribution is 7.80. The van der Waals surface area contributed by atoms with Crippen molar-refractivity contribution in [1.29, 1.82) is 0 Å². The summed E-state index contributed by atoms with van der Waals surface area (Å²) in [5.41, 5.74) is 1.76. The second-order valence-corrected chi connectivity index (χ2v) is 18.7. The van der Waals surface area contributed by atoms with E-state index in [1.54, 1.807) is 24.3 Å². The molecule has 0 aromatic heterocycles. The van der Waals surface area contributed by atoms with Crippen LogP contribution in [0.25, 0.3) is 0 Å². The fourth-order valence-electron chi connectivity index (χ4n) is 5.18. The van der Waals surface area contributed by atoms with Crippen molar-refractivity contribution in [1.82, 2.24) is 6.15 Å². The number of phenols is 1. The average molecular weight is 695 g/mol. The Bertz CT molecular complexity index is 1620. The molecule has 5 N–H and O–H groups in total. The first kappa shape index (κ1) is 38.0. The number of quaternary nitrogens is 1. The van der Waals surface area contributed by atoms with Crippen LogP contribution in [0.3, 0.4) is 0 Å². The van der Waals surface area contributed by atoms with Crippen LogP contribution in [0.5, 0.6) is 11.5 Å². The minimum atomic E-state index is -4.79. The molecule has 0 spiro atoms. The summed E-state index contributed by atoms with van der Waals surface area (Å²) in [6, 6.07) is 15.8. The van der Waals surface area contributed by atoms with Crippen LogP contribution < -0.4 is 15.8 Å². The monoisotopic (exact) mass is 694 g/mol. The number of nitrogens with zero attached hydrogens (tertiary/aromatic N) is 1. The van der Waals surface area contributed by atoms with E-state index < -0.39 is 36.5 Å². The minimum absolute atomic E-state index is 0. The molecule has 0 bridgehead atoms. The van der Waals surface area contributed by atoms with E-state index in [4.69, 9.17) is 9.16 Å². The van der Waals surface area contributed by atoms with Gasteiger partial charge >= 0.3 is 0 Å². The lowest BCUT2D eigenvalue weighted by Gasteiger charge is -2.48. The van der Waals surface area contributed by atoms with E-state index in [0.717, 1.165) is 5.56 Å². The smallest absolute Gasteiger partial charge is 0.233 e.